The number of pyridine rings is 1. The van der Waals surface area contributed by atoms with Gasteiger partial charge in [-0.05, 0) is 74.7 Å². The SMILES string of the molecule is COc1cccc2c1C(Nc1ccc3cc(Nc4nc(C)cc(C)n4)ccc3n1)CC2. The maximum atomic E-state index is 5.59. The van der Waals surface area contributed by atoms with Crippen molar-refractivity contribution in [3.05, 3.63) is 77.1 Å². The number of benzene rings is 2. The van der Waals surface area contributed by atoms with Crippen LogP contribution in [-0.4, -0.2) is 22.1 Å². The number of nitrogens with one attached hydrogen (secondary N) is 2. The molecule has 1 unspecified atom stereocenters. The smallest absolute Gasteiger partial charge is 0.227 e. The molecule has 1 aliphatic carbocycles. The summed E-state index contributed by atoms with van der Waals surface area (Å²) in [6.07, 6.45) is 2.08. The van der Waals surface area contributed by atoms with Crippen LogP contribution < -0.4 is 15.4 Å². The number of methoxy groups -OCH3 is 1. The predicted octanol–water partition coefficient (Wildman–Crippen LogP) is 5.49. The van der Waals surface area contributed by atoms with E-state index in [-0.39, 0.29) is 6.04 Å². The molecule has 0 aliphatic heterocycles. The number of anilines is 3. The Labute approximate surface area is 181 Å². The van der Waals surface area contributed by atoms with Gasteiger partial charge in [0.25, 0.3) is 0 Å². The lowest BCUT2D eigenvalue weighted by Crippen LogP contribution is -2.09. The van der Waals surface area contributed by atoms with Gasteiger partial charge in [-0.1, -0.05) is 12.1 Å². The van der Waals surface area contributed by atoms with Gasteiger partial charge in [-0.2, -0.15) is 0 Å². The topological polar surface area (TPSA) is 72.0 Å². The van der Waals surface area contributed by atoms with Crippen molar-refractivity contribution >= 4 is 28.4 Å². The number of hydrogen-bond acceptors (Lipinski definition) is 6. The quantitative estimate of drug-likeness (QED) is 0.452. The summed E-state index contributed by atoms with van der Waals surface area (Å²) in [6, 6.07) is 18.7. The molecule has 6 heteroatoms. The number of ether oxygens (including phenoxy) is 1. The normalized spacial score (nSPS) is 15.0. The summed E-state index contributed by atoms with van der Waals surface area (Å²) in [5.74, 6) is 2.42. The van der Waals surface area contributed by atoms with Crippen molar-refractivity contribution in [1.82, 2.24) is 15.0 Å². The van der Waals surface area contributed by atoms with Crippen LogP contribution in [0.5, 0.6) is 5.75 Å². The summed E-state index contributed by atoms with van der Waals surface area (Å²) in [4.78, 5) is 13.7. The van der Waals surface area contributed by atoms with Crippen LogP contribution in [-0.2, 0) is 6.42 Å². The van der Waals surface area contributed by atoms with Gasteiger partial charge < -0.3 is 15.4 Å². The molecule has 2 aromatic heterocycles. The number of rotatable bonds is 5. The van der Waals surface area contributed by atoms with Crippen molar-refractivity contribution < 1.29 is 4.74 Å². The Morgan fingerprint density at radius 1 is 0.935 bits per heavy atom. The minimum atomic E-state index is 0.207. The lowest BCUT2D eigenvalue weighted by atomic mass is 10.1. The Bertz CT molecular complexity index is 1250. The van der Waals surface area contributed by atoms with E-state index in [2.05, 4.69) is 44.9 Å². The Kier molecular flexibility index (Phi) is 4.90. The van der Waals surface area contributed by atoms with Gasteiger partial charge in [-0.3, -0.25) is 0 Å². The van der Waals surface area contributed by atoms with Crippen LogP contribution in [0.4, 0.5) is 17.5 Å². The molecule has 0 spiro atoms. The Morgan fingerprint density at radius 3 is 2.58 bits per heavy atom. The van der Waals surface area contributed by atoms with Gasteiger partial charge in [0.1, 0.15) is 11.6 Å². The van der Waals surface area contributed by atoms with E-state index in [0.29, 0.717) is 5.95 Å². The minimum Gasteiger partial charge on any atom is -0.496 e. The molecule has 2 heterocycles. The molecule has 6 nitrogen and oxygen atoms in total. The molecule has 5 rings (SSSR count). The highest BCUT2D eigenvalue weighted by Crippen LogP contribution is 2.39. The average Bonchev–Trinajstić information content (AvgIpc) is 3.16. The third-order valence-electron chi connectivity index (χ3n) is 5.68. The van der Waals surface area contributed by atoms with Crippen LogP contribution in [0.1, 0.15) is 35.0 Å². The van der Waals surface area contributed by atoms with Crippen molar-refractivity contribution in [1.29, 1.82) is 0 Å². The lowest BCUT2D eigenvalue weighted by Gasteiger charge is -2.18. The second-order valence-electron chi connectivity index (χ2n) is 7.97. The minimum absolute atomic E-state index is 0.207. The van der Waals surface area contributed by atoms with E-state index < -0.39 is 0 Å². The van der Waals surface area contributed by atoms with Crippen LogP contribution in [0.2, 0.25) is 0 Å². The van der Waals surface area contributed by atoms with Gasteiger partial charge in [0.2, 0.25) is 5.95 Å². The first-order valence-electron chi connectivity index (χ1n) is 10.5. The number of aryl methyl sites for hydroxylation is 3. The summed E-state index contributed by atoms with van der Waals surface area (Å²) in [6.45, 7) is 3.94. The van der Waals surface area contributed by atoms with Gasteiger partial charge in [0.05, 0.1) is 18.7 Å². The van der Waals surface area contributed by atoms with E-state index in [9.17, 15) is 0 Å². The fourth-order valence-electron chi connectivity index (χ4n) is 4.34. The summed E-state index contributed by atoms with van der Waals surface area (Å²) in [7, 11) is 1.73. The Morgan fingerprint density at radius 2 is 1.77 bits per heavy atom. The van der Waals surface area contributed by atoms with Crippen LogP contribution in [0, 0.1) is 13.8 Å². The molecule has 1 aliphatic rings. The number of fused-ring (bicyclic) bond motifs is 2. The van der Waals surface area contributed by atoms with E-state index in [1.165, 1.54) is 11.1 Å². The Balaban J connectivity index is 1.38. The van der Waals surface area contributed by atoms with Crippen LogP contribution in [0.3, 0.4) is 0 Å². The molecule has 2 N–H and O–H groups in total. The molecule has 0 saturated heterocycles. The van der Waals surface area contributed by atoms with Gasteiger partial charge in [-0.25, -0.2) is 15.0 Å². The predicted molar refractivity (Wildman–Crippen MR) is 124 cm³/mol. The van der Waals surface area contributed by atoms with E-state index in [4.69, 9.17) is 9.72 Å². The van der Waals surface area contributed by atoms with Crippen LogP contribution >= 0.6 is 0 Å². The second-order valence-corrected chi connectivity index (χ2v) is 7.97. The molecular weight excluding hydrogens is 386 g/mol. The molecule has 4 aromatic rings. The van der Waals surface area contributed by atoms with Gasteiger partial charge in [0, 0.05) is 28.0 Å². The largest absolute Gasteiger partial charge is 0.496 e. The molecule has 0 bridgehead atoms. The molecule has 1 atom stereocenters. The maximum absolute atomic E-state index is 5.59. The zero-order chi connectivity index (χ0) is 21.4. The standard InChI is InChI=1S/C25H25N5O/c1-15-13-16(2)27-25(26-15)28-19-9-11-20-18(14-19)8-12-23(29-20)30-21-10-7-17-5-4-6-22(31-3)24(17)21/h4-6,8-9,11-14,21H,7,10H2,1-3H3,(H,29,30)(H,26,27,28). The van der Waals surface area contributed by atoms with Crippen molar-refractivity contribution in [2.45, 2.75) is 32.7 Å². The first-order valence-corrected chi connectivity index (χ1v) is 10.5. The molecule has 0 saturated carbocycles. The van der Waals surface area contributed by atoms with Crippen molar-refractivity contribution in [3.63, 3.8) is 0 Å². The van der Waals surface area contributed by atoms with E-state index in [0.717, 1.165) is 52.4 Å². The van der Waals surface area contributed by atoms with Crippen molar-refractivity contribution in [2.24, 2.45) is 0 Å². The van der Waals surface area contributed by atoms with Crippen molar-refractivity contribution in [3.8, 4) is 5.75 Å². The van der Waals surface area contributed by atoms with Gasteiger partial charge in [0.15, 0.2) is 0 Å². The molecule has 0 radical (unpaired) electrons. The maximum Gasteiger partial charge on any atom is 0.227 e. The second kappa shape index (κ2) is 7.87. The molecule has 0 fully saturated rings. The number of aromatic nitrogens is 3. The highest BCUT2D eigenvalue weighted by Gasteiger charge is 2.26. The first-order chi connectivity index (χ1) is 15.1. The summed E-state index contributed by atoms with van der Waals surface area (Å²) < 4.78 is 5.59. The van der Waals surface area contributed by atoms with E-state index in [1.54, 1.807) is 7.11 Å². The van der Waals surface area contributed by atoms with E-state index in [1.807, 2.05) is 44.2 Å². The third-order valence-corrected chi connectivity index (χ3v) is 5.68. The van der Waals surface area contributed by atoms with Crippen molar-refractivity contribution in [2.75, 3.05) is 17.7 Å². The number of nitrogens with zero attached hydrogens (tertiary/aromatic N) is 3. The molecular formula is C25H25N5O. The molecule has 2 aromatic carbocycles. The average molecular weight is 412 g/mol. The highest BCUT2D eigenvalue weighted by atomic mass is 16.5. The van der Waals surface area contributed by atoms with Crippen LogP contribution in [0.25, 0.3) is 10.9 Å². The Hall–Kier alpha value is -3.67. The monoisotopic (exact) mass is 411 g/mol. The fourth-order valence-corrected chi connectivity index (χ4v) is 4.34. The third kappa shape index (κ3) is 3.89. The lowest BCUT2D eigenvalue weighted by molar-refractivity contribution is 0.408. The molecule has 0 amide bonds. The molecule has 31 heavy (non-hydrogen) atoms. The zero-order valence-corrected chi connectivity index (χ0v) is 17.9. The van der Waals surface area contributed by atoms with Gasteiger partial charge >= 0.3 is 0 Å². The highest BCUT2D eigenvalue weighted by molar-refractivity contribution is 5.84. The zero-order valence-electron chi connectivity index (χ0n) is 17.9. The summed E-state index contributed by atoms with van der Waals surface area (Å²) in [5, 5.41) is 7.96. The van der Waals surface area contributed by atoms with E-state index >= 15 is 0 Å². The summed E-state index contributed by atoms with van der Waals surface area (Å²) >= 11 is 0. The van der Waals surface area contributed by atoms with Gasteiger partial charge in [-0.15, -0.1) is 0 Å². The summed E-state index contributed by atoms with van der Waals surface area (Å²) in [5.41, 5.74) is 6.36. The molecule has 156 valence electrons. The van der Waals surface area contributed by atoms with Crippen LogP contribution in [0.15, 0.2) is 54.6 Å². The first kappa shape index (κ1) is 19.3. The fraction of sp³-hybridized carbons (Fsp3) is 0.240. The number of hydrogen-bond donors (Lipinski definition) is 2.